The predicted molar refractivity (Wildman–Crippen MR) is 89.7 cm³/mol. The van der Waals surface area contributed by atoms with Crippen LogP contribution in [0.15, 0.2) is 0 Å². The fourth-order valence-electron chi connectivity index (χ4n) is 3.64. The van der Waals surface area contributed by atoms with E-state index in [1.807, 2.05) is 0 Å². The summed E-state index contributed by atoms with van der Waals surface area (Å²) in [5.74, 6) is 1.45. The van der Waals surface area contributed by atoms with Gasteiger partial charge >= 0.3 is 5.97 Å². The van der Waals surface area contributed by atoms with E-state index in [0.29, 0.717) is 24.0 Å². The SMILES string of the molecule is CCCCCC1C(=O)CCC1CCCCCCCC(=O)OC. The lowest BCUT2D eigenvalue weighted by Crippen LogP contribution is -2.14. The van der Waals surface area contributed by atoms with Crippen LogP contribution in [0.4, 0.5) is 0 Å². The van der Waals surface area contributed by atoms with Crippen molar-refractivity contribution in [3.63, 3.8) is 0 Å². The highest BCUT2D eigenvalue weighted by Crippen LogP contribution is 2.36. The molecule has 0 spiro atoms. The Kier molecular flexibility index (Phi) is 10.2. The number of hydrogen-bond donors (Lipinski definition) is 0. The van der Waals surface area contributed by atoms with Gasteiger partial charge in [-0.1, -0.05) is 51.9 Å². The van der Waals surface area contributed by atoms with Gasteiger partial charge in [-0.3, -0.25) is 9.59 Å². The highest BCUT2D eigenvalue weighted by molar-refractivity contribution is 5.83. The highest BCUT2D eigenvalue weighted by Gasteiger charge is 2.33. The molecule has 22 heavy (non-hydrogen) atoms. The fraction of sp³-hybridized carbons (Fsp3) is 0.895. The zero-order valence-electron chi connectivity index (χ0n) is 14.6. The van der Waals surface area contributed by atoms with Gasteiger partial charge in [0, 0.05) is 18.8 Å². The van der Waals surface area contributed by atoms with E-state index in [9.17, 15) is 9.59 Å². The third-order valence-corrected chi connectivity index (χ3v) is 5.05. The van der Waals surface area contributed by atoms with Crippen molar-refractivity contribution in [2.75, 3.05) is 7.11 Å². The van der Waals surface area contributed by atoms with Crippen molar-refractivity contribution in [3.8, 4) is 0 Å². The van der Waals surface area contributed by atoms with Crippen molar-refractivity contribution in [1.29, 1.82) is 0 Å². The molecule has 0 saturated heterocycles. The van der Waals surface area contributed by atoms with E-state index in [1.165, 1.54) is 52.1 Å². The molecule has 1 rings (SSSR count). The summed E-state index contributed by atoms with van der Waals surface area (Å²) in [7, 11) is 1.45. The van der Waals surface area contributed by atoms with Gasteiger partial charge in [-0.25, -0.2) is 0 Å². The van der Waals surface area contributed by atoms with Crippen LogP contribution in [0.1, 0.15) is 90.4 Å². The lowest BCUT2D eigenvalue weighted by molar-refractivity contribution is -0.140. The molecule has 3 heteroatoms. The molecule has 0 amide bonds. The Morgan fingerprint density at radius 2 is 1.73 bits per heavy atom. The summed E-state index contributed by atoms with van der Waals surface area (Å²) in [6, 6.07) is 0. The smallest absolute Gasteiger partial charge is 0.305 e. The molecule has 1 fully saturated rings. The Hall–Kier alpha value is -0.860. The van der Waals surface area contributed by atoms with Gasteiger partial charge in [0.2, 0.25) is 0 Å². The zero-order valence-corrected chi connectivity index (χ0v) is 14.6. The molecule has 1 saturated carbocycles. The largest absolute Gasteiger partial charge is 0.469 e. The Bertz CT molecular complexity index is 325. The number of hydrogen-bond acceptors (Lipinski definition) is 3. The van der Waals surface area contributed by atoms with Crippen molar-refractivity contribution in [1.82, 2.24) is 0 Å². The van der Waals surface area contributed by atoms with Crippen molar-refractivity contribution in [3.05, 3.63) is 0 Å². The molecule has 3 nitrogen and oxygen atoms in total. The van der Waals surface area contributed by atoms with Crippen LogP contribution in [-0.2, 0) is 14.3 Å². The molecule has 0 aromatic rings. The third-order valence-electron chi connectivity index (χ3n) is 5.05. The maximum absolute atomic E-state index is 12.0. The average molecular weight is 310 g/mol. The lowest BCUT2D eigenvalue weighted by atomic mass is 9.86. The molecule has 0 aliphatic heterocycles. The van der Waals surface area contributed by atoms with E-state index in [4.69, 9.17) is 0 Å². The van der Waals surface area contributed by atoms with Gasteiger partial charge in [-0.15, -0.1) is 0 Å². The van der Waals surface area contributed by atoms with Gasteiger partial charge in [-0.05, 0) is 31.6 Å². The van der Waals surface area contributed by atoms with Crippen LogP contribution < -0.4 is 0 Å². The Morgan fingerprint density at radius 3 is 2.45 bits per heavy atom. The molecule has 0 aromatic carbocycles. The lowest BCUT2D eigenvalue weighted by Gasteiger charge is -2.18. The van der Waals surface area contributed by atoms with Crippen LogP contribution in [0.25, 0.3) is 0 Å². The third kappa shape index (κ3) is 7.42. The van der Waals surface area contributed by atoms with Crippen LogP contribution in [0.2, 0.25) is 0 Å². The summed E-state index contributed by atoms with van der Waals surface area (Å²) in [6.45, 7) is 2.22. The predicted octanol–water partition coefficient (Wildman–Crippen LogP) is 5.07. The van der Waals surface area contributed by atoms with E-state index >= 15 is 0 Å². The summed E-state index contributed by atoms with van der Waals surface area (Å²) < 4.78 is 4.64. The molecule has 0 N–H and O–H groups in total. The van der Waals surface area contributed by atoms with Crippen LogP contribution in [0, 0.1) is 11.8 Å². The number of methoxy groups -OCH3 is 1. The summed E-state index contributed by atoms with van der Waals surface area (Å²) in [4.78, 5) is 23.0. The van der Waals surface area contributed by atoms with Crippen LogP contribution >= 0.6 is 0 Å². The molecule has 0 bridgehead atoms. The van der Waals surface area contributed by atoms with Gasteiger partial charge in [0.15, 0.2) is 0 Å². The first-order valence-corrected chi connectivity index (χ1v) is 9.28. The molecular weight excluding hydrogens is 276 g/mol. The second kappa shape index (κ2) is 11.7. The second-order valence-corrected chi connectivity index (χ2v) is 6.75. The number of Topliss-reactive ketones (excluding diaryl/α,β-unsaturated/α-hetero) is 1. The van der Waals surface area contributed by atoms with Crippen molar-refractivity contribution < 1.29 is 14.3 Å². The number of esters is 1. The van der Waals surface area contributed by atoms with Crippen LogP contribution in [-0.4, -0.2) is 18.9 Å². The number of rotatable bonds is 12. The first-order valence-electron chi connectivity index (χ1n) is 9.28. The maximum atomic E-state index is 12.0. The van der Waals surface area contributed by atoms with Gasteiger partial charge in [0.05, 0.1) is 7.11 Å². The number of unbranched alkanes of at least 4 members (excludes halogenated alkanes) is 6. The van der Waals surface area contributed by atoms with Gasteiger partial charge in [0.25, 0.3) is 0 Å². The van der Waals surface area contributed by atoms with Gasteiger partial charge < -0.3 is 4.74 Å². The molecule has 0 heterocycles. The van der Waals surface area contributed by atoms with Crippen LogP contribution in [0.3, 0.4) is 0 Å². The quantitative estimate of drug-likeness (QED) is 0.373. The maximum Gasteiger partial charge on any atom is 0.305 e. The molecule has 2 unspecified atom stereocenters. The summed E-state index contributed by atoms with van der Waals surface area (Å²) in [5.41, 5.74) is 0. The Morgan fingerprint density at radius 1 is 1.05 bits per heavy atom. The first kappa shape index (κ1) is 19.2. The summed E-state index contributed by atoms with van der Waals surface area (Å²) in [5, 5.41) is 0. The molecular formula is C19H34O3. The number of ether oxygens (including phenoxy) is 1. The Balaban J connectivity index is 2.07. The van der Waals surface area contributed by atoms with Gasteiger partial charge in [-0.2, -0.15) is 0 Å². The average Bonchev–Trinajstić information content (AvgIpc) is 2.87. The molecule has 128 valence electrons. The normalized spacial score (nSPS) is 21.3. The topological polar surface area (TPSA) is 43.4 Å². The van der Waals surface area contributed by atoms with E-state index in [2.05, 4.69) is 11.7 Å². The molecule has 0 aromatic heterocycles. The van der Waals surface area contributed by atoms with E-state index in [0.717, 1.165) is 32.1 Å². The monoisotopic (exact) mass is 310 g/mol. The molecule has 1 aliphatic rings. The molecule has 1 aliphatic carbocycles. The fourth-order valence-corrected chi connectivity index (χ4v) is 3.64. The van der Waals surface area contributed by atoms with E-state index in [-0.39, 0.29) is 5.97 Å². The standard InChI is InChI=1S/C19H34O3/c1-3-4-8-12-17-16(14-15-18(17)20)11-9-6-5-7-10-13-19(21)22-2/h16-17H,3-15H2,1-2H3. The number of ketones is 1. The van der Waals surface area contributed by atoms with Crippen molar-refractivity contribution in [2.24, 2.45) is 11.8 Å². The minimum absolute atomic E-state index is 0.0978. The second-order valence-electron chi connectivity index (χ2n) is 6.75. The zero-order chi connectivity index (χ0) is 16.2. The van der Waals surface area contributed by atoms with Crippen LogP contribution in [0.5, 0.6) is 0 Å². The summed E-state index contributed by atoms with van der Waals surface area (Å²) >= 11 is 0. The van der Waals surface area contributed by atoms with Gasteiger partial charge in [0.1, 0.15) is 5.78 Å². The van der Waals surface area contributed by atoms with Crippen molar-refractivity contribution in [2.45, 2.75) is 90.4 Å². The number of carbonyl (C=O) groups excluding carboxylic acids is 2. The van der Waals surface area contributed by atoms with E-state index in [1.54, 1.807) is 0 Å². The molecule has 2 atom stereocenters. The minimum Gasteiger partial charge on any atom is -0.469 e. The van der Waals surface area contributed by atoms with Crippen molar-refractivity contribution >= 4 is 11.8 Å². The molecule has 0 radical (unpaired) electrons. The Labute approximate surface area is 136 Å². The number of carbonyl (C=O) groups is 2. The first-order chi connectivity index (χ1) is 10.7. The minimum atomic E-state index is -0.0978. The highest BCUT2D eigenvalue weighted by atomic mass is 16.5. The summed E-state index contributed by atoms with van der Waals surface area (Å²) in [6.07, 6.45) is 14.3. The van der Waals surface area contributed by atoms with E-state index < -0.39 is 0 Å².